The third kappa shape index (κ3) is 3.34. The highest BCUT2D eigenvalue weighted by Gasteiger charge is 2.26. The Bertz CT molecular complexity index is 1210. The Morgan fingerprint density at radius 1 is 1.17 bits per heavy atom. The number of likely N-dealkylation sites (tertiary alicyclic amines) is 1. The molecule has 3 aromatic rings. The number of amides is 2. The Morgan fingerprint density at radius 2 is 1.90 bits per heavy atom. The van der Waals surface area contributed by atoms with Gasteiger partial charge in [0.2, 0.25) is 5.91 Å². The van der Waals surface area contributed by atoms with Gasteiger partial charge in [0.05, 0.1) is 0 Å². The number of benzene rings is 1. The van der Waals surface area contributed by atoms with Gasteiger partial charge < -0.3 is 10.6 Å². The Morgan fingerprint density at radius 3 is 2.53 bits per heavy atom. The summed E-state index contributed by atoms with van der Waals surface area (Å²) in [6.07, 6.45) is 1.84. The highest BCUT2D eigenvalue weighted by Crippen LogP contribution is 2.22. The molecule has 2 aromatic heterocycles. The van der Waals surface area contributed by atoms with Crippen LogP contribution in [0.25, 0.3) is 22.6 Å². The number of carbonyl (C=O) groups is 2. The fourth-order valence-electron chi connectivity index (χ4n) is 3.77. The first-order valence-electron chi connectivity index (χ1n) is 9.75. The van der Waals surface area contributed by atoms with Crippen LogP contribution in [0.4, 0.5) is 4.39 Å². The molecule has 0 bridgehead atoms. The minimum absolute atomic E-state index is 0.0704. The van der Waals surface area contributed by atoms with Crippen LogP contribution in [0, 0.1) is 5.82 Å². The summed E-state index contributed by atoms with van der Waals surface area (Å²) in [4.78, 5) is 48.2. The molecule has 0 saturated carbocycles. The van der Waals surface area contributed by atoms with E-state index in [1.807, 2.05) is 0 Å². The van der Waals surface area contributed by atoms with Gasteiger partial charge in [0, 0.05) is 25.2 Å². The SMILES string of the molecule is CCn1c(=O)n(CC(=O)N2CCCC2)c2c(C(N)=O)nc(-c3cccc(F)c3)nc21. The van der Waals surface area contributed by atoms with Crippen LogP contribution in [0.3, 0.4) is 0 Å². The summed E-state index contributed by atoms with van der Waals surface area (Å²) in [6, 6.07) is 5.60. The van der Waals surface area contributed by atoms with Gasteiger partial charge in [-0.05, 0) is 31.9 Å². The van der Waals surface area contributed by atoms with Crippen molar-refractivity contribution in [3.63, 3.8) is 0 Å². The molecule has 4 rings (SSSR count). The summed E-state index contributed by atoms with van der Waals surface area (Å²) in [5.41, 5.74) is 5.53. The highest BCUT2D eigenvalue weighted by atomic mass is 19.1. The standard InChI is InChI=1S/C20H21FN6O3/c1-2-26-19-16(27(20(26)30)11-14(28)25-8-3-4-9-25)15(17(22)29)23-18(24-19)12-6-5-7-13(21)10-12/h5-7,10H,2-4,8-9,11H2,1H3,(H2,22,29). The Balaban J connectivity index is 1.93. The van der Waals surface area contributed by atoms with Crippen molar-refractivity contribution in [3.8, 4) is 11.4 Å². The van der Waals surface area contributed by atoms with Crippen LogP contribution in [-0.2, 0) is 17.9 Å². The Kier molecular flexibility index (Phi) is 5.06. The van der Waals surface area contributed by atoms with Crippen molar-refractivity contribution in [3.05, 3.63) is 46.3 Å². The molecule has 10 heteroatoms. The molecule has 1 fully saturated rings. The quantitative estimate of drug-likeness (QED) is 0.675. The van der Waals surface area contributed by atoms with E-state index in [1.54, 1.807) is 17.9 Å². The van der Waals surface area contributed by atoms with E-state index in [0.717, 1.165) is 12.8 Å². The van der Waals surface area contributed by atoms with Crippen molar-refractivity contribution >= 4 is 23.0 Å². The zero-order valence-corrected chi connectivity index (χ0v) is 16.5. The molecule has 9 nitrogen and oxygen atoms in total. The number of primary amides is 1. The lowest BCUT2D eigenvalue weighted by Gasteiger charge is -2.15. The number of aryl methyl sites for hydroxylation is 1. The first kappa shape index (κ1) is 19.7. The average molecular weight is 412 g/mol. The van der Waals surface area contributed by atoms with Crippen LogP contribution in [0.1, 0.15) is 30.3 Å². The fourth-order valence-corrected chi connectivity index (χ4v) is 3.77. The lowest BCUT2D eigenvalue weighted by atomic mass is 10.2. The van der Waals surface area contributed by atoms with Gasteiger partial charge in [-0.15, -0.1) is 0 Å². The zero-order chi connectivity index (χ0) is 21.4. The molecular formula is C20H21FN6O3. The molecule has 1 aromatic carbocycles. The van der Waals surface area contributed by atoms with Crippen molar-refractivity contribution in [2.45, 2.75) is 32.9 Å². The van der Waals surface area contributed by atoms with E-state index in [2.05, 4.69) is 9.97 Å². The van der Waals surface area contributed by atoms with Gasteiger partial charge in [0.25, 0.3) is 5.91 Å². The third-order valence-electron chi connectivity index (χ3n) is 5.24. The van der Waals surface area contributed by atoms with Crippen LogP contribution >= 0.6 is 0 Å². The summed E-state index contributed by atoms with van der Waals surface area (Å²) >= 11 is 0. The normalized spacial score (nSPS) is 13.9. The molecule has 2 amide bonds. The van der Waals surface area contributed by atoms with Crippen LogP contribution < -0.4 is 11.4 Å². The fraction of sp³-hybridized carbons (Fsp3) is 0.350. The van der Waals surface area contributed by atoms with Gasteiger partial charge >= 0.3 is 5.69 Å². The second kappa shape index (κ2) is 7.69. The largest absolute Gasteiger partial charge is 0.364 e. The topological polar surface area (TPSA) is 116 Å². The van der Waals surface area contributed by atoms with Crippen LogP contribution in [0.15, 0.2) is 29.1 Å². The second-order valence-corrected chi connectivity index (χ2v) is 7.14. The lowest BCUT2D eigenvalue weighted by molar-refractivity contribution is -0.130. The number of aromatic nitrogens is 4. The molecule has 30 heavy (non-hydrogen) atoms. The maximum Gasteiger partial charge on any atom is 0.330 e. The maximum atomic E-state index is 13.7. The number of halogens is 1. The van der Waals surface area contributed by atoms with Crippen molar-refractivity contribution in [1.82, 2.24) is 24.0 Å². The second-order valence-electron chi connectivity index (χ2n) is 7.14. The summed E-state index contributed by atoms with van der Waals surface area (Å²) in [5.74, 6) is -1.50. The molecule has 0 unspecified atom stereocenters. The van der Waals surface area contributed by atoms with Crippen LogP contribution in [-0.4, -0.2) is 48.9 Å². The number of carbonyl (C=O) groups excluding carboxylic acids is 2. The van der Waals surface area contributed by atoms with Gasteiger partial charge in [0.15, 0.2) is 17.2 Å². The lowest BCUT2D eigenvalue weighted by Crippen LogP contribution is -2.35. The van der Waals surface area contributed by atoms with Crippen LogP contribution in [0.2, 0.25) is 0 Å². The zero-order valence-electron chi connectivity index (χ0n) is 16.5. The molecule has 1 aliphatic rings. The Labute approximate surface area is 170 Å². The summed E-state index contributed by atoms with van der Waals surface area (Å²) in [7, 11) is 0. The number of nitrogens with zero attached hydrogens (tertiary/aromatic N) is 5. The number of nitrogens with two attached hydrogens (primary N) is 1. The monoisotopic (exact) mass is 412 g/mol. The van der Waals surface area contributed by atoms with Gasteiger partial charge in [0.1, 0.15) is 17.9 Å². The molecule has 3 heterocycles. The molecule has 2 N–H and O–H groups in total. The predicted molar refractivity (Wildman–Crippen MR) is 107 cm³/mol. The van der Waals surface area contributed by atoms with Gasteiger partial charge in [-0.25, -0.2) is 19.2 Å². The number of imidazole rings is 1. The number of hydrogen-bond acceptors (Lipinski definition) is 5. The number of hydrogen-bond donors (Lipinski definition) is 1. The van der Waals surface area contributed by atoms with E-state index >= 15 is 0 Å². The number of rotatable bonds is 5. The third-order valence-corrected chi connectivity index (χ3v) is 5.24. The van der Waals surface area contributed by atoms with Gasteiger partial charge in [-0.3, -0.25) is 18.7 Å². The average Bonchev–Trinajstić information content (AvgIpc) is 3.34. The van der Waals surface area contributed by atoms with E-state index in [4.69, 9.17) is 5.73 Å². The van der Waals surface area contributed by atoms with E-state index < -0.39 is 17.4 Å². The first-order valence-corrected chi connectivity index (χ1v) is 9.75. The van der Waals surface area contributed by atoms with E-state index in [-0.39, 0.29) is 41.7 Å². The van der Waals surface area contributed by atoms with Crippen molar-refractivity contribution in [2.24, 2.45) is 5.73 Å². The summed E-state index contributed by atoms with van der Waals surface area (Å²) in [6.45, 7) is 3.07. The molecule has 0 spiro atoms. The maximum absolute atomic E-state index is 13.7. The molecule has 0 aliphatic carbocycles. The van der Waals surface area contributed by atoms with Crippen molar-refractivity contribution < 1.29 is 14.0 Å². The number of fused-ring (bicyclic) bond motifs is 1. The van der Waals surface area contributed by atoms with E-state index in [1.165, 1.54) is 27.3 Å². The van der Waals surface area contributed by atoms with E-state index in [9.17, 15) is 18.8 Å². The molecular weight excluding hydrogens is 391 g/mol. The van der Waals surface area contributed by atoms with Crippen molar-refractivity contribution in [1.29, 1.82) is 0 Å². The molecule has 1 saturated heterocycles. The van der Waals surface area contributed by atoms with Crippen molar-refractivity contribution in [2.75, 3.05) is 13.1 Å². The summed E-state index contributed by atoms with van der Waals surface area (Å²) in [5, 5.41) is 0. The Hall–Kier alpha value is -3.56. The molecule has 0 radical (unpaired) electrons. The first-order chi connectivity index (χ1) is 14.4. The minimum atomic E-state index is -0.865. The minimum Gasteiger partial charge on any atom is -0.364 e. The van der Waals surface area contributed by atoms with E-state index in [0.29, 0.717) is 18.7 Å². The summed E-state index contributed by atoms with van der Waals surface area (Å²) < 4.78 is 16.2. The van der Waals surface area contributed by atoms with Gasteiger partial charge in [-0.1, -0.05) is 12.1 Å². The smallest absolute Gasteiger partial charge is 0.330 e. The molecule has 1 aliphatic heterocycles. The van der Waals surface area contributed by atoms with Crippen LogP contribution in [0.5, 0.6) is 0 Å². The molecule has 156 valence electrons. The van der Waals surface area contributed by atoms with Gasteiger partial charge in [-0.2, -0.15) is 0 Å². The predicted octanol–water partition coefficient (Wildman–Crippen LogP) is 1.14. The molecule has 0 atom stereocenters. The highest BCUT2D eigenvalue weighted by molar-refractivity contribution is 6.02.